The van der Waals surface area contributed by atoms with Crippen molar-refractivity contribution in [2.24, 2.45) is 18.4 Å². The average Bonchev–Trinajstić information content (AvgIpc) is 2.79. The lowest BCUT2D eigenvalue weighted by molar-refractivity contribution is 0.118. The van der Waals surface area contributed by atoms with E-state index in [1.54, 1.807) is 23.7 Å². The summed E-state index contributed by atoms with van der Waals surface area (Å²) >= 11 is 0. The predicted octanol–water partition coefficient (Wildman–Crippen LogP) is 3.53. The Morgan fingerprint density at radius 2 is 2.04 bits per heavy atom. The molecule has 1 heterocycles. The van der Waals surface area contributed by atoms with E-state index >= 15 is 0 Å². The lowest BCUT2D eigenvalue weighted by Gasteiger charge is -2.38. The van der Waals surface area contributed by atoms with Gasteiger partial charge in [0.1, 0.15) is 11.6 Å². The Labute approximate surface area is 142 Å². The molecule has 130 valence electrons. The van der Waals surface area contributed by atoms with Crippen LogP contribution in [0.4, 0.5) is 4.39 Å². The van der Waals surface area contributed by atoms with Gasteiger partial charge < -0.3 is 0 Å². The van der Waals surface area contributed by atoms with Gasteiger partial charge in [0.25, 0.3) is 0 Å². The number of hydrogen-bond donors (Lipinski definition) is 0. The fraction of sp³-hybridized carbons (Fsp3) is 0.579. The van der Waals surface area contributed by atoms with E-state index in [9.17, 15) is 9.18 Å². The van der Waals surface area contributed by atoms with Crippen LogP contribution in [0.15, 0.2) is 29.1 Å². The molecule has 1 saturated carbocycles. The third-order valence-electron chi connectivity index (χ3n) is 5.52. The van der Waals surface area contributed by atoms with E-state index in [1.807, 2.05) is 6.07 Å². The van der Waals surface area contributed by atoms with E-state index in [0.717, 1.165) is 6.42 Å². The maximum atomic E-state index is 14.0. The van der Waals surface area contributed by atoms with Gasteiger partial charge in [-0.1, -0.05) is 44.9 Å². The molecule has 0 aliphatic heterocycles. The fourth-order valence-electron chi connectivity index (χ4n) is 3.81. The topological polar surface area (TPSA) is 39.8 Å². The van der Waals surface area contributed by atoms with Crippen LogP contribution in [0.5, 0.6) is 0 Å². The monoisotopic (exact) mass is 331 g/mol. The number of hydrogen-bond acceptors (Lipinski definition) is 2. The third kappa shape index (κ3) is 3.30. The quantitative estimate of drug-likeness (QED) is 0.860. The Bertz CT molecular complexity index is 775. The van der Waals surface area contributed by atoms with Crippen LogP contribution in [0, 0.1) is 17.2 Å². The molecule has 4 nitrogen and oxygen atoms in total. The van der Waals surface area contributed by atoms with Gasteiger partial charge >= 0.3 is 5.69 Å². The molecule has 0 saturated heterocycles. The van der Waals surface area contributed by atoms with E-state index < -0.39 is 0 Å². The van der Waals surface area contributed by atoms with Crippen LogP contribution >= 0.6 is 0 Å². The van der Waals surface area contributed by atoms with E-state index in [1.165, 1.54) is 30.0 Å². The van der Waals surface area contributed by atoms with Gasteiger partial charge in [0.15, 0.2) is 0 Å². The molecule has 0 spiro atoms. The van der Waals surface area contributed by atoms with Crippen LogP contribution in [0.2, 0.25) is 0 Å². The Morgan fingerprint density at radius 3 is 2.75 bits per heavy atom. The predicted molar refractivity (Wildman–Crippen MR) is 92.4 cm³/mol. The minimum Gasteiger partial charge on any atom is -0.278 e. The molecule has 0 N–H and O–H groups in total. The van der Waals surface area contributed by atoms with Crippen molar-refractivity contribution in [3.63, 3.8) is 0 Å². The molecule has 1 fully saturated rings. The Morgan fingerprint density at radius 1 is 1.29 bits per heavy atom. The molecular weight excluding hydrogens is 305 g/mol. The molecule has 1 atom stereocenters. The van der Waals surface area contributed by atoms with Crippen molar-refractivity contribution in [3.05, 3.63) is 52.0 Å². The van der Waals surface area contributed by atoms with Crippen LogP contribution in [-0.4, -0.2) is 14.3 Å². The first-order valence-electron chi connectivity index (χ1n) is 8.74. The van der Waals surface area contributed by atoms with Gasteiger partial charge in [-0.2, -0.15) is 5.10 Å². The summed E-state index contributed by atoms with van der Waals surface area (Å²) < 4.78 is 17.1. The molecule has 24 heavy (non-hydrogen) atoms. The zero-order chi connectivity index (χ0) is 17.3. The highest BCUT2D eigenvalue weighted by molar-refractivity contribution is 5.21. The van der Waals surface area contributed by atoms with E-state index in [-0.39, 0.29) is 16.9 Å². The summed E-state index contributed by atoms with van der Waals surface area (Å²) in [6, 6.07) is 6.69. The van der Waals surface area contributed by atoms with Crippen molar-refractivity contribution in [1.29, 1.82) is 0 Å². The van der Waals surface area contributed by atoms with E-state index in [0.29, 0.717) is 30.3 Å². The number of nitrogens with zero attached hydrogens (tertiary/aromatic N) is 3. The van der Waals surface area contributed by atoms with Gasteiger partial charge in [0, 0.05) is 20.0 Å². The molecule has 1 aromatic heterocycles. The van der Waals surface area contributed by atoms with Crippen molar-refractivity contribution >= 4 is 0 Å². The minimum absolute atomic E-state index is 0.109. The second-order valence-corrected chi connectivity index (χ2v) is 7.63. The number of rotatable bonds is 4. The highest BCUT2D eigenvalue weighted by atomic mass is 19.1. The molecule has 2 aromatic rings. The molecule has 0 radical (unpaired) electrons. The second-order valence-electron chi connectivity index (χ2n) is 7.63. The highest BCUT2D eigenvalue weighted by Gasteiger charge is 2.33. The molecule has 3 rings (SSSR count). The van der Waals surface area contributed by atoms with Crippen molar-refractivity contribution in [3.8, 4) is 0 Å². The highest BCUT2D eigenvalue weighted by Crippen LogP contribution is 2.41. The molecule has 1 unspecified atom stereocenters. The number of aromatic nitrogens is 3. The summed E-state index contributed by atoms with van der Waals surface area (Å²) in [5.41, 5.74) is 0.693. The van der Waals surface area contributed by atoms with Crippen molar-refractivity contribution < 1.29 is 4.39 Å². The first-order chi connectivity index (χ1) is 11.4. The molecule has 0 bridgehead atoms. The van der Waals surface area contributed by atoms with Crippen LogP contribution in [-0.2, 0) is 20.0 Å². The molecule has 1 aliphatic rings. The summed E-state index contributed by atoms with van der Waals surface area (Å²) in [6.07, 6.45) is 5.14. The summed E-state index contributed by atoms with van der Waals surface area (Å²) in [5.74, 6) is 0.849. The molecular formula is C19H26FN3O. The van der Waals surface area contributed by atoms with E-state index in [4.69, 9.17) is 0 Å². The van der Waals surface area contributed by atoms with Crippen molar-refractivity contribution in [1.82, 2.24) is 14.3 Å². The lowest BCUT2D eigenvalue weighted by atomic mass is 9.69. The summed E-state index contributed by atoms with van der Waals surface area (Å²) in [5, 5.41) is 4.36. The van der Waals surface area contributed by atoms with Crippen molar-refractivity contribution in [2.75, 3.05) is 0 Å². The van der Waals surface area contributed by atoms with Gasteiger partial charge in [-0.25, -0.2) is 13.9 Å². The number of benzene rings is 1. The molecule has 5 heteroatoms. The SMILES string of the molecule is Cn1nc(Cc2ccccc2F)n(CC2CCCCC2(C)C)c1=O. The zero-order valence-electron chi connectivity index (χ0n) is 14.8. The van der Waals surface area contributed by atoms with Crippen LogP contribution < -0.4 is 5.69 Å². The first-order valence-corrected chi connectivity index (χ1v) is 8.74. The smallest absolute Gasteiger partial charge is 0.278 e. The standard InChI is InChI=1S/C19H26FN3O/c1-19(2)11-7-6-9-15(19)13-23-17(21-22(3)18(23)24)12-14-8-4-5-10-16(14)20/h4-5,8,10,15H,6-7,9,11-13H2,1-3H3. The maximum absolute atomic E-state index is 14.0. The largest absolute Gasteiger partial charge is 0.345 e. The fourth-order valence-corrected chi connectivity index (χ4v) is 3.81. The first kappa shape index (κ1) is 16.9. The maximum Gasteiger partial charge on any atom is 0.345 e. The van der Waals surface area contributed by atoms with Gasteiger partial charge in [0.05, 0.1) is 0 Å². The van der Waals surface area contributed by atoms with Crippen molar-refractivity contribution in [2.45, 2.75) is 52.5 Å². The zero-order valence-corrected chi connectivity index (χ0v) is 14.8. The van der Waals surface area contributed by atoms with Gasteiger partial charge in [-0.3, -0.25) is 4.57 Å². The molecule has 0 amide bonds. The summed E-state index contributed by atoms with van der Waals surface area (Å²) in [7, 11) is 1.66. The van der Waals surface area contributed by atoms with Crippen LogP contribution in [0.3, 0.4) is 0 Å². The lowest BCUT2D eigenvalue weighted by Crippen LogP contribution is -2.35. The summed E-state index contributed by atoms with van der Waals surface area (Å²) in [4.78, 5) is 12.5. The number of aryl methyl sites for hydroxylation is 1. The summed E-state index contributed by atoms with van der Waals surface area (Å²) in [6.45, 7) is 5.24. The second kappa shape index (κ2) is 6.54. The Kier molecular flexibility index (Phi) is 4.61. The van der Waals surface area contributed by atoms with Gasteiger partial charge in [-0.05, 0) is 35.8 Å². The number of halogens is 1. The average molecular weight is 331 g/mol. The molecule has 1 aliphatic carbocycles. The van der Waals surface area contributed by atoms with Crippen LogP contribution in [0.25, 0.3) is 0 Å². The van der Waals surface area contributed by atoms with E-state index in [2.05, 4.69) is 18.9 Å². The molecule has 1 aromatic carbocycles. The Hall–Kier alpha value is -1.91. The Balaban J connectivity index is 1.91. The van der Waals surface area contributed by atoms with Gasteiger partial charge in [-0.15, -0.1) is 0 Å². The minimum atomic E-state index is -0.250. The van der Waals surface area contributed by atoms with Gasteiger partial charge in [0.2, 0.25) is 0 Å². The third-order valence-corrected chi connectivity index (χ3v) is 5.52. The normalized spacial score (nSPS) is 20.2. The van der Waals surface area contributed by atoms with Crippen LogP contribution in [0.1, 0.15) is 50.9 Å².